The van der Waals surface area contributed by atoms with Crippen molar-refractivity contribution in [3.8, 4) is 0 Å². The molecule has 1 heteroatoms. The van der Waals surface area contributed by atoms with Gasteiger partial charge in [-0.1, -0.05) is 42.8 Å². The fourth-order valence-corrected chi connectivity index (χ4v) is 2.42. The van der Waals surface area contributed by atoms with Crippen LogP contribution in [0, 0.1) is 0 Å². The summed E-state index contributed by atoms with van der Waals surface area (Å²) in [7, 11) is 1.20. The largest absolute Gasteiger partial charge is 0.0662 e. The monoisotopic (exact) mass is 174 g/mol. The second kappa shape index (κ2) is 2.33. The van der Waals surface area contributed by atoms with Gasteiger partial charge in [-0.25, -0.2) is 0 Å². The number of hydrogen-bond donors (Lipinski definition) is 0. The Morgan fingerprint density at radius 1 is 1.25 bits per heavy atom. The van der Waals surface area contributed by atoms with Crippen LogP contribution in [0.3, 0.4) is 0 Å². The normalized spacial score (nSPS) is 27.0. The Kier molecular flexibility index (Phi) is 1.52. The molecule has 0 fully saturated rings. The first-order valence-electron chi connectivity index (χ1n) is 4.40. The molecule has 2 rings (SSSR count). The second-order valence-electron chi connectivity index (χ2n) is 4.04. The molecule has 12 heavy (non-hydrogen) atoms. The molecule has 1 atom stereocenters. The van der Waals surface area contributed by atoms with Gasteiger partial charge < -0.3 is 0 Å². The predicted molar refractivity (Wildman–Crippen MR) is 57.4 cm³/mol. The van der Waals surface area contributed by atoms with E-state index in [4.69, 9.17) is 0 Å². The zero-order valence-electron chi connectivity index (χ0n) is 7.89. The molecule has 1 aliphatic carbocycles. The van der Waals surface area contributed by atoms with Crippen LogP contribution in [-0.4, -0.2) is 10.2 Å². The van der Waals surface area contributed by atoms with Crippen molar-refractivity contribution in [3.05, 3.63) is 41.0 Å². The highest BCUT2D eigenvalue weighted by molar-refractivity contribution is 6.19. The minimum atomic E-state index is 0.386. The van der Waals surface area contributed by atoms with Crippen LogP contribution in [0.5, 0.6) is 0 Å². The van der Waals surface area contributed by atoms with Gasteiger partial charge in [0, 0.05) is 10.2 Å². The number of rotatable bonds is 0. The van der Waals surface area contributed by atoms with Crippen LogP contribution in [0.1, 0.15) is 25.0 Å². The first kappa shape index (κ1) is 7.81. The molecule has 0 spiro atoms. The molecule has 0 heterocycles. The van der Waals surface area contributed by atoms with Crippen LogP contribution in [0.4, 0.5) is 0 Å². The van der Waals surface area contributed by atoms with Gasteiger partial charge in [0.05, 0.1) is 0 Å². The highest BCUT2D eigenvalue weighted by atomic mass is 28.1. The molecule has 62 valence electrons. The lowest BCUT2D eigenvalue weighted by Crippen LogP contribution is -2.20. The molecule has 0 N–H and O–H groups in total. The quantitative estimate of drug-likeness (QED) is 0.525. The Morgan fingerprint density at radius 2 is 1.92 bits per heavy atom. The summed E-state index contributed by atoms with van der Waals surface area (Å²) < 4.78 is 0. The fraction of sp³-hybridized carbons (Fsp3) is 0.273. The minimum absolute atomic E-state index is 0.386. The summed E-state index contributed by atoms with van der Waals surface area (Å²) in [5.41, 5.74) is 4.47. The van der Waals surface area contributed by atoms with E-state index in [1.54, 1.807) is 0 Å². The molecule has 0 amide bonds. The van der Waals surface area contributed by atoms with E-state index < -0.39 is 0 Å². The zero-order chi connectivity index (χ0) is 8.77. The van der Waals surface area contributed by atoms with Crippen LogP contribution in [0.25, 0.3) is 6.08 Å². The zero-order valence-corrected chi connectivity index (χ0v) is 9.89. The van der Waals surface area contributed by atoms with Gasteiger partial charge in [-0.2, -0.15) is 0 Å². The number of benzene rings is 1. The maximum absolute atomic E-state index is 2.34. The predicted octanol–water partition coefficient (Wildman–Crippen LogP) is 1.68. The third-order valence-corrected chi connectivity index (χ3v) is 4.32. The van der Waals surface area contributed by atoms with Gasteiger partial charge in [-0.15, -0.1) is 0 Å². The molecular weight excluding hydrogens is 160 g/mol. The van der Waals surface area contributed by atoms with E-state index in [1.165, 1.54) is 26.9 Å². The van der Waals surface area contributed by atoms with Crippen LogP contribution < -0.4 is 0 Å². The van der Waals surface area contributed by atoms with E-state index >= 15 is 0 Å². The third kappa shape index (κ3) is 0.895. The van der Waals surface area contributed by atoms with Crippen molar-refractivity contribution in [2.75, 3.05) is 0 Å². The minimum Gasteiger partial charge on any atom is -0.0662 e. The fourth-order valence-electron chi connectivity index (χ4n) is 1.82. The topological polar surface area (TPSA) is 0 Å². The first-order valence-corrected chi connectivity index (χ1v) is 5.40. The molecule has 0 radical (unpaired) electrons. The average molecular weight is 174 g/mol. The van der Waals surface area contributed by atoms with E-state index in [-0.39, 0.29) is 0 Å². The SMILES string of the molecule is CC1=Cc2ccccc2C1(C)[SiH3]. The molecule has 1 aliphatic rings. The van der Waals surface area contributed by atoms with Gasteiger partial charge in [0.1, 0.15) is 0 Å². The van der Waals surface area contributed by atoms with E-state index in [9.17, 15) is 0 Å². The first-order chi connectivity index (χ1) is 5.62. The van der Waals surface area contributed by atoms with E-state index in [2.05, 4.69) is 44.2 Å². The Labute approximate surface area is 76.7 Å². The van der Waals surface area contributed by atoms with Gasteiger partial charge in [0.25, 0.3) is 0 Å². The van der Waals surface area contributed by atoms with Gasteiger partial charge >= 0.3 is 0 Å². The molecule has 0 aliphatic heterocycles. The summed E-state index contributed by atoms with van der Waals surface area (Å²) in [6.45, 7) is 4.59. The van der Waals surface area contributed by atoms with Crippen molar-refractivity contribution in [2.45, 2.75) is 18.9 Å². The van der Waals surface area contributed by atoms with Gasteiger partial charge in [-0.05, 0) is 23.1 Å². The molecule has 1 aromatic carbocycles. The third-order valence-electron chi connectivity index (χ3n) is 2.99. The summed E-state index contributed by atoms with van der Waals surface area (Å²) in [6, 6.07) is 8.73. The van der Waals surface area contributed by atoms with Crippen LogP contribution >= 0.6 is 0 Å². The maximum Gasteiger partial charge on any atom is 0.0210 e. The molecule has 0 saturated heterocycles. The van der Waals surface area contributed by atoms with Gasteiger partial charge in [-0.3, -0.25) is 0 Å². The highest BCUT2D eigenvalue weighted by Gasteiger charge is 2.28. The highest BCUT2D eigenvalue weighted by Crippen LogP contribution is 2.38. The van der Waals surface area contributed by atoms with Crippen molar-refractivity contribution in [1.29, 1.82) is 0 Å². The second-order valence-corrected chi connectivity index (χ2v) is 6.04. The molecular formula is C11H14Si. The van der Waals surface area contributed by atoms with Crippen LogP contribution in [0.15, 0.2) is 29.8 Å². The van der Waals surface area contributed by atoms with Crippen molar-refractivity contribution < 1.29 is 0 Å². The van der Waals surface area contributed by atoms with E-state index in [1.807, 2.05) is 0 Å². The van der Waals surface area contributed by atoms with Crippen molar-refractivity contribution in [1.82, 2.24) is 0 Å². The number of fused-ring (bicyclic) bond motifs is 1. The van der Waals surface area contributed by atoms with E-state index in [0.717, 1.165) is 0 Å². The summed E-state index contributed by atoms with van der Waals surface area (Å²) in [5, 5.41) is 0.386. The standard InChI is InChI=1S/C11H14Si/c1-8-7-9-5-3-4-6-10(9)11(8,2)12/h3-7H,1-2,12H3. The van der Waals surface area contributed by atoms with Crippen LogP contribution in [-0.2, 0) is 5.04 Å². The molecule has 0 bridgehead atoms. The lowest BCUT2D eigenvalue weighted by molar-refractivity contribution is 0.819. The Bertz CT molecular complexity index is 348. The molecule has 1 unspecified atom stereocenters. The van der Waals surface area contributed by atoms with Gasteiger partial charge in [0.15, 0.2) is 0 Å². The van der Waals surface area contributed by atoms with Gasteiger partial charge in [0.2, 0.25) is 0 Å². The Balaban J connectivity index is 2.66. The Hall–Kier alpha value is -0.823. The van der Waals surface area contributed by atoms with E-state index in [0.29, 0.717) is 5.04 Å². The summed E-state index contributed by atoms with van der Waals surface area (Å²) in [4.78, 5) is 0. The van der Waals surface area contributed by atoms with Crippen LogP contribution in [0.2, 0.25) is 0 Å². The molecule has 1 aromatic rings. The molecule has 0 nitrogen and oxygen atoms in total. The van der Waals surface area contributed by atoms with Crippen molar-refractivity contribution >= 4 is 16.3 Å². The summed E-state index contributed by atoms with van der Waals surface area (Å²) in [6.07, 6.45) is 2.32. The van der Waals surface area contributed by atoms with Crippen molar-refractivity contribution in [3.63, 3.8) is 0 Å². The lowest BCUT2D eigenvalue weighted by Gasteiger charge is -2.21. The molecule has 0 aromatic heterocycles. The van der Waals surface area contributed by atoms with Crippen molar-refractivity contribution in [2.24, 2.45) is 0 Å². The lowest BCUT2D eigenvalue weighted by atomic mass is 9.97. The number of hydrogen-bond acceptors (Lipinski definition) is 0. The molecule has 0 saturated carbocycles. The number of allylic oxidation sites excluding steroid dienone is 1. The Morgan fingerprint density at radius 3 is 2.58 bits per heavy atom. The smallest absolute Gasteiger partial charge is 0.0210 e. The summed E-state index contributed by atoms with van der Waals surface area (Å²) >= 11 is 0. The maximum atomic E-state index is 2.34. The summed E-state index contributed by atoms with van der Waals surface area (Å²) in [5.74, 6) is 0. The average Bonchev–Trinajstić information content (AvgIpc) is 2.25.